The second-order valence-electron chi connectivity index (χ2n) is 6.38. The van der Waals surface area contributed by atoms with Gasteiger partial charge in [0.1, 0.15) is 0 Å². The molecular formula is C26H22P2-2. The summed E-state index contributed by atoms with van der Waals surface area (Å²) in [6.45, 7) is 0. The Labute approximate surface area is 170 Å². The van der Waals surface area contributed by atoms with E-state index in [2.05, 4.69) is 134 Å². The van der Waals surface area contributed by atoms with E-state index in [0.717, 1.165) is 0 Å². The predicted octanol–water partition coefficient (Wildman–Crippen LogP) is 5.58. The first-order chi connectivity index (χ1) is 13.9. The van der Waals surface area contributed by atoms with Crippen LogP contribution in [0.15, 0.2) is 121 Å². The molecule has 0 N–H and O–H groups in total. The van der Waals surface area contributed by atoms with Crippen molar-refractivity contribution in [1.82, 2.24) is 0 Å². The molecule has 4 aromatic carbocycles. The second-order valence-corrected chi connectivity index (χ2v) is 10.5. The van der Waals surface area contributed by atoms with Crippen LogP contribution in [0.25, 0.3) is 0 Å². The minimum absolute atomic E-state index is 0.528. The smallest absolute Gasteiger partial charge is 0.0527 e. The first-order valence-corrected chi connectivity index (χ1v) is 12.2. The molecule has 0 atom stereocenters. The number of hydrogen-bond donors (Lipinski definition) is 0. The standard InChI is InChI=1S/C26H22P2/c1-5-13-23(14-6-1)27(24-15-7-2-8-16-24)21-22-28(25-17-9-3-10-18-25)26-19-11-4-12-20-26/h1-22H/q-2. The van der Waals surface area contributed by atoms with Crippen LogP contribution < -0.4 is 21.2 Å². The molecule has 0 saturated heterocycles. The van der Waals surface area contributed by atoms with E-state index in [9.17, 15) is 0 Å². The molecule has 0 radical (unpaired) electrons. The van der Waals surface area contributed by atoms with Gasteiger partial charge in [0.15, 0.2) is 0 Å². The number of hydrogen-bond acceptors (Lipinski definition) is 0. The SMILES string of the molecule is c1ccc(P([CH-][CH-]P(c2ccccc2)c2ccccc2)c2ccccc2)cc1. The summed E-state index contributed by atoms with van der Waals surface area (Å²) in [5.74, 6) is 0. The van der Waals surface area contributed by atoms with Gasteiger partial charge in [-0.25, -0.2) is 15.8 Å². The highest BCUT2D eigenvalue weighted by Crippen LogP contribution is 2.47. The van der Waals surface area contributed by atoms with Crippen LogP contribution in [0.4, 0.5) is 0 Å². The fourth-order valence-corrected chi connectivity index (χ4v) is 7.45. The van der Waals surface area contributed by atoms with Crippen molar-refractivity contribution in [3.05, 3.63) is 134 Å². The molecule has 0 aliphatic carbocycles. The molecule has 0 nitrogen and oxygen atoms in total. The normalized spacial score (nSPS) is 11.1. The third kappa shape index (κ3) is 4.77. The van der Waals surface area contributed by atoms with E-state index >= 15 is 0 Å². The van der Waals surface area contributed by atoms with Crippen molar-refractivity contribution in [2.24, 2.45) is 0 Å². The van der Waals surface area contributed by atoms with Gasteiger partial charge in [-0.2, -0.15) is 0 Å². The van der Waals surface area contributed by atoms with Crippen LogP contribution in [0.5, 0.6) is 0 Å². The molecule has 0 heterocycles. The van der Waals surface area contributed by atoms with Crippen molar-refractivity contribution in [1.29, 1.82) is 0 Å². The lowest BCUT2D eigenvalue weighted by Crippen LogP contribution is -2.15. The third-order valence-corrected chi connectivity index (χ3v) is 9.05. The van der Waals surface area contributed by atoms with Crippen LogP contribution in [-0.4, -0.2) is 0 Å². The molecule has 0 amide bonds. The van der Waals surface area contributed by atoms with Gasteiger partial charge in [0.25, 0.3) is 0 Å². The zero-order valence-electron chi connectivity index (χ0n) is 15.6. The zero-order valence-corrected chi connectivity index (χ0v) is 17.4. The average Bonchev–Trinajstić information content (AvgIpc) is 2.79. The van der Waals surface area contributed by atoms with Gasteiger partial charge < -0.3 is 12.3 Å². The van der Waals surface area contributed by atoms with Crippen LogP contribution in [0.3, 0.4) is 0 Å². The van der Waals surface area contributed by atoms with E-state index < -0.39 is 15.8 Å². The van der Waals surface area contributed by atoms with Gasteiger partial charge >= 0.3 is 0 Å². The molecule has 4 rings (SSSR count). The molecule has 0 unspecified atom stereocenters. The van der Waals surface area contributed by atoms with Gasteiger partial charge in [-0.05, 0) is 0 Å². The Kier molecular flexibility index (Phi) is 6.67. The Hall–Kier alpha value is -2.26. The van der Waals surface area contributed by atoms with Crippen molar-refractivity contribution >= 4 is 37.1 Å². The van der Waals surface area contributed by atoms with Crippen molar-refractivity contribution in [2.75, 3.05) is 0 Å². The fraction of sp³-hybridized carbons (Fsp3) is 0. The molecule has 0 saturated carbocycles. The monoisotopic (exact) mass is 396 g/mol. The van der Waals surface area contributed by atoms with E-state index in [1.54, 1.807) is 0 Å². The van der Waals surface area contributed by atoms with Gasteiger partial charge in [0.2, 0.25) is 0 Å². The lowest BCUT2D eigenvalue weighted by molar-refractivity contribution is 1.73. The van der Waals surface area contributed by atoms with Crippen LogP contribution in [0.1, 0.15) is 0 Å². The second kappa shape index (κ2) is 9.79. The van der Waals surface area contributed by atoms with E-state index in [4.69, 9.17) is 0 Å². The highest BCUT2D eigenvalue weighted by atomic mass is 31.1. The summed E-state index contributed by atoms with van der Waals surface area (Å²) in [5, 5.41) is 5.54. The Bertz CT molecular complexity index is 792. The maximum atomic E-state index is 2.45. The van der Waals surface area contributed by atoms with Gasteiger partial charge in [0, 0.05) is 0 Å². The highest BCUT2D eigenvalue weighted by molar-refractivity contribution is 7.79. The lowest BCUT2D eigenvalue weighted by Gasteiger charge is -2.43. The maximum absolute atomic E-state index is 2.45. The Morgan fingerprint density at radius 3 is 0.750 bits per heavy atom. The quantitative estimate of drug-likeness (QED) is 0.283. The molecule has 28 heavy (non-hydrogen) atoms. The van der Waals surface area contributed by atoms with Gasteiger partial charge in [-0.3, -0.25) is 0 Å². The first kappa shape index (κ1) is 19.1. The maximum Gasteiger partial charge on any atom is -0.0527 e. The number of rotatable bonds is 7. The summed E-state index contributed by atoms with van der Waals surface area (Å²) in [6, 6.07) is 43.4. The van der Waals surface area contributed by atoms with Gasteiger partial charge in [-0.1, -0.05) is 143 Å². The largest absolute Gasteiger partial charge is 0.454 e. The number of benzene rings is 4. The third-order valence-electron chi connectivity index (χ3n) is 4.50. The summed E-state index contributed by atoms with van der Waals surface area (Å²) in [4.78, 5) is 0. The molecule has 4 aromatic rings. The summed E-state index contributed by atoms with van der Waals surface area (Å²) >= 11 is 0. The molecule has 0 aliphatic rings. The van der Waals surface area contributed by atoms with Crippen LogP contribution in [-0.2, 0) is 0 Å². The van der Waals surface area contributed by atoms with Crippen LogP contribution in [0, 0.1) is 12.3 Å². The average molecular weight is 396 g/mol. The Morgan fingerprint density at radius 1 is 0.321 bits per heavy atom. The van der Waals surface area contributed by atoms with Gasteiger partial charge in [0.05, 0.1) is 0 Å². The summed E-state index contributed by atoms with van der Waals surface area (Å²) in [6.07, 6.45) is 4.90. The Morgan fingerprint density at radius 2 is 0.536 bits per heavy atom. The van der Waals surface area contributed by atoms with Crippen LogP contribution >= 0.6 is 15.8 Å². The molecule has 0 aromatic heterocycles. The van der Waals surface area contributed by atoms with E-state index in [-0.39, 0.29) is 0 Å². The van der Waals surface area contributed by atoms with Crippen molar-refractivity contribution in [3.8, 4) is 0 Å². The van der Waals surface area contributed by atoms with Crippen molar-refractivity contribution in [3.63, 3.8) is 0 Å². The topological polar surface area (TPSA) is 0 Å². The lowest BCUT2D eigenvalue weighted by atomic mass is 10.4. The molecule has 0 fully saturated rings. The predicted molar refractivity (Wildman–Crippen MR) is 127 cm³/mol. The Balaban J connectivity index is 1.64. The summed E-state index contributed by atoms with van der Waals surface area (Å²) in [7, 11) is -1.06. The summed E-state index contributed by atoms with van der Waals surface area (Å²) in [5.41, 5.74) is 0. The first-order valence-electron chi connectivity index (χ1n) is 9.39. The minimum atomic E-state index is -0.528. The van der Waals surface area contributed by atoms with Gasteiger partial charge in [-0.15, -0.1) is 0 Å². The van der Waals surface area contributed by atoms with E-state index in [1.165, 1.54) is 21.2 Å². The highest BCUT2D eigenvalue weighted by Gasteiger charge is 2.05. The van der Waals surface area contributed by atoms with E-state index in [1.807, 2.05) is 0 Å². The van der Waals surface area contributed by atoms with E-state index in [0.29, 0.717) is 0 Å². The minimum Gasteiger partial charge on any atom is -0.454 e. The molecule has 0 aliphatic heterocycles. The molecule has 138 valence electrons. The fourth-order valence-electron chi connectivity index (χ4n) is 3.13. The van der Waals surface area contributed by atoms with Crippen molar-refractivity contribution in [2.45, 2.75) is 0 Å². The molecule has 0 bridgehead atoms. The summed E-state index contributed by atoms with van der Waals surface area (Å²) < 4.78 is 0. The molecule has 0 spiro atoms. The molecular weight excluding hydrogens is 374 g/mol. The zero-order chi connectivity index (χ0) is 19.0. The van der Waals surface area contributed by atoms with Crippen LogP contribution in [0.2, 0.25) is 0 Å². The van der Waals surface area contributed by atoms with Crippen molar-refractivity contribution < 1.29 is 0 Å². The molecule has 2 heteroatoms.